The highest BCUT2D eigenvalue weighted by Gasteiger charge is 1.99. The molecule has 0 aliphatic carbocycles. The van der Waals surface area contributed by atoms with E-state index in [-0.39, 0.29) is 5.91 Å². The number of carbonyl (C=O) groups is 1. The maximum Gasteiger partial charge on any atom is 0.221 e. The van der Waals surface area contributed by atoms with Crippen LogP contribution in [-0.4, -0.2) is 18.2 Å². The Balaban J connectivity index is 2.08. The molecule has 0 saturated heterocycles. The molecule has 86 valence electrons. The Bertz CT molecular complexity index is 324. The summed E-state index contributed by atoms with van der Waals surface area (Å²) in [6, 6.07) is 10.3. The van der Waals surface area contributed by atoms with Gasteiger partial charge in [0, 0.05) is 24.5 Å². The summed E-state index contributed by atoms with van der Waals surface area (Å²) in [6.07, 6.45) is 2.26. The van der Waals surface area contributed by atoms with E-state index in [0.717, 1.165) is 11.5 Å². The zero-order valence-electron chi connectivity index (χ0n) is 9.32. The Morgan fingerprint density at radius 1 is 1.38 bits per heavy atom. The van der Waals surface area contributed by atoms with Gasteiger partial charge in [0.05, 0.1) is 0 Å². The smallest absolute Gasteiger partial charge is 0.221 e. The molecule has 0 saturated carbocycles. The fourth-order valence-corrected chi connectivity index (χ4v) is 2.11. The summed E-state index contributed by atoms with van der Waals surface area (Å²) < 4.78 is 0. The first-order chi connectivity index (χ1) is 7.83. The van der Waals surface area contributed by atoms with Crippen molar-refractivity contribution in [2.45, 2.75) is 12.2 Å². The summed E-state index contributed by atoms with van der Waals surface area (Å²) in [5, 5.41) is 2.76. The van der Waals surface area contributed by atoms with Gasteiger partial charge in [-0.2, -0.15) is 11.8 Å². The van der Waals surface area contributed by atoms with Gasteiger partial charge in [-0.05, 0) is 5.56 Å². The van der Waals surface area contributed by atoms with Crippen molar-refractivity contribution in [2.24, 2.45) is 0 Å². The zero-order valence-corrected chi connectivity index (χ0v) is 10.1. The molecule has 0 aliphatic heterocycles. The molecule has 16 heavy (non-hydrogen) atoms. The van der Waals surface area contributed by atoms with E-state index < -0.39 is 0 Å². The summed E-state index contributed by atoms with van der Waals surface area (Å²) >= 11 is 1.78. The average Bonchev–Trinajstić information content (AvgIpc) is 2.33. The molecule has 1 aromatic carbocycles. The summed E-state index contributed by atoms with van der Waals surface area (Å²) in [4.78, 5) is 11.2. The van der Waals surface area contributed by atoms with Crippen LogP contribution >= 0.6 is 11.8 Å². The molecule has 3 heteroatoms. The van der Waals surface area contributed by atoms with E-state index in [1.54, 1.807) is 17.8 Å². The van der Waals surface area contributed by atoms with Crippen molar-refractivity contribution >= 4 is 17.7 Å². The maximum absolute atomic E-state index is 11.2. The van der Waals surface area contributed by atoms with E-state index in [2.05, 4.69) is 24.0 Å². The highest BCUT2D eigenvalue weighted by molar-refractivity contribution is 7.98. The highest BCUT2D eigenvalue weighted by atomic mass is 32.2. The standard InChI is InChI=1S/C13H17NOS/c1-2-9-14-13(15)8-10-16-11-12-6-4-3-5-7-12/h2-7H,1,8-11H2,(H,14,15). The first-order valence-corrected chi connectivity index (χ1v) is 6.47. The van der Waals surface area contributed by atoms with Crippen LogP contribution in [0.3, 0.4) is 0 Å². The van der Waals surface area contributed by atoms with E-state index in [9.17, 15) is 4.79 Å². The second-order valence-corrected chi connectivity index (χ2v) is 4.49. The minimum absolute atomic E-state index is 0.0976. The van der Waals surface area contributed by atoms with Gasteiger partial charge in [0.1, 0.15) is 0 Å². The molecule has 0 aromatic heterocycles. The number of nitrogens with one attached hydrogen (secondary N) is 1. The van der Waals surface area contributed by atoms with Gasteiger partial charge in [0.15, 0.2) is 0 Å². The average molecular weight is 235 g/mol. The van der Waals surface area contributed by atoms with Crippen molar-refractivity contribution in [1.29, 1.82) is 0 Å². The summed E-state index contributed by atoms with van der Waals surface area (Å²) in [6.45, 7) is 4.11. The summed E-state index contributed by atoms with van der Waals surface area (Å²) in [5.41, 5.74) is 1.30. The van der Waals surface area contributed by atoms with Crippen LogP contribution in [0, 0.1) is 0 Å². The summed E-state index contributed by atoms with van der Waals surface area (Å²) in [5.74, 6) is 1.92. The van der Waals surface area contributed by atoms with Crippen molar-refractivity contribution in [1.82, 2.24) is 5.32 Å². The van der Waals surface area contributed by atoms with Crippen molar-refractivity contribution in [3.05, 3.63) is 48.6 Å². The van der Waals surface area contributed by atoms with Gasteiger partial charge in [-0.15, -0.1) is 6.58 Å². The predicted molar refractivity (Wildman–Crippen MR) is 70.4 cm³/mol. The second-order valence-electron chi connectivity index (χ2n) is 3.38. The Morgan fingerprint density at radius 3 is 2.81 bits per heavy atom. The molecule has 2 nitrogen and oxygen atoms in total. The molecule has 0 fully saturated rings. The maximum atomic E-state index is 11.2. The second kappa shape index (κ2) is 7.99. The van der Waals surface area contributed by atoms with Gasteiger partial charge in [-0.3, -0.25) is 4.79 Å². The SMILES string of the molecule is C=CCNC(=O)CCSCc1ccccc1. The Hall–Kier alpha value is -1.22. The number of rotatable bonds is 7. The minimum Gasteiger partial charge on any atom is -0.353 e. The van der Waals surface area contributed by atoms with E-state index in [1.165, 1.54) is 5.56 Å². The van der Waals surface area contributed by atoms with Crippen LogP contribution in [0.2, 0.25) is 0 Å². The lowest BCUT2D eigenvalue weighted by molar-refractivity contribution is -0.120. The molecular formula is C13H17NOS. The van der Waals surface area contributed by atoms with E-state index in [1.807, 2.05) is 18.2 Å². The van der Waals surface area contributed by atoms with Crippen LogP contribution in [0.25, 0.3) is 0 Å². The molecule has 1 N–H and O–H groups in total. The van der Waals surface area contributed by atoms with Crippen molar-refractivity contribution in [3.8, 4) is 0 Å². The normalized spacial score (nSPS) is 9.75. The predicted octanol–water partition coefficient (Wildman–Crippen LogP) is 2.61. The van der Waals surface area contributed by atoms with Crippen LogP contribution in [0.5, 0.6) is 0 Å². The molecule has 0 atom stereocenters. The lowest BCUT2D eigenvalue weighted by Gasteiger charge is -2.02. The molecule has 1 amide bonds. The lowest BCUT2D eigenvalue weighted by atomic mass is 10.2. The molecule has 0 bridgehead atoms. The Kier molecular flexibility index (Phi) is 6.42. The van der Waals surface area contributed by atoms with Gasteiger partial charge in [-0.25, -0.2) is 0 Å². The quantitative estimate of drug-likeness (QED) is 0.581. The van der Waals surface area contributed by atoms with Crippen LogP contribution < -0.4 is 5.32 Å². The van der Waals surface area contributed by atoms with Gasteiger partial charge < -0.3 is 5.32 Å². The van der Waals surface area contributed by atoms with Gasteiger partial charge in [-0.1, -0.05) is 36.4 Å². The molecule has 1 rings (SSSR count). The largest absolute Gasteiger partial charge is 0.353 e. The minimum atomic E-state index is 0.0976. The molecule has 0 heterocycles. The first-order valence-electron chi connectivity index (χ1n) is 5.32. The molecular weight excluding hydrogens is 218 g/mol. The number of amides is 1. The molecule has 1 aromatic rings. The fraction of sp³-hybridized carbons (Fsp3) is 0.308. The third kappa shape index (κ3) is 5.61. The number of hydrogen-bond donors (Lipinski definition) is 1. The van der Waals surface area contributed by atoms with Crippen molar-refractivity contribution < 1.29 is 4.79 Å². The third-order valence-corrected chi connectivity index (χ3v) is 3.06. The molecule has 0 radical (unpaired) electrons. The topological polar surface area (TPSA) is 29.1 Å². The van der Waals surface area contributed by atoms with Gasteiger partial charge >= 0.3 is 0 Å². The van der Waals surface area contributed by atoms with Crippen molar-refractivity contribution in [3.63, 3.8) is 0 Å². The van der Waals surface area contributed by atoms with E-state index in [4.69, 9.17) is 0 Å². The Morgan fingerprint density at radius 2 is 2.12 bits per heavy atom. The number of hydrogen-bond acceptors (Lipinski definition) is 2. The zero-order chi connectivity index (χ0) is 11.6. The number of thioether (sulfide) groups is 1. The van der Waals surface area contributed by atoms with Crippen LogP contribution in [0.15, 0.2) is 43.0 Å². The first kappa shape index (κ1) is 12.8. The van der Waals surface area contributed by atoms with Crippen LogP contribution in [0.4, 0.5) is 0 Å². The molecule has 0 aliphatic rings. The van der Waals surface area contributed by atoms with Gasteiger partial charge in [0.25, 0.3) is 0 Å². The highest BCUT2D eigenvalue weighted by Crippen LogP contribution is 2.12. The van der Waals surface area contributed by atoms with Crippen LogP contribution in [0.1, 0.15) is 12.0 Å². The number of carbonyl (C=O) groups excluding carboxylic acids is 1. The lowest BCUT2D eigenvalue weighted by Crippen LogP contribution is -2.23. The monoisotopic (exact) mass is 235 g/mol. The summed E-state index contributed by atoms with van der Waals surface area (Å²) in [7, 11) is 0. The van der Waals surface area contributed by atoms with Gasteiger partial charge in [0.2, 0.25) is 5.91 Å². The van der Waals surface area contributed by atoms with Crippen LogP contribution in [-0.2, 0) is 10.5 Å². The molecule has 0 spiro atoms. The van der Waals surface area contributed by atoms with Crippen molar-refractivity contribution in [2.75, 3.05) is 12.3 Å². The number of benzene rings is 1. The van der Waals surface area contributed by atoms with E-state index >= 15 is 0 Å². The van der Waals surface area contributed by atoms with E-state index in [0.29, 0.717) is 13.0 Å². The molecule has 0 unspecified atom stereocenters. The Labute approximate surface area is 101 Å². The third-order valence-electron chi connectivity index (χ3n) is 2.03. The fourth-order valence-electron chi connectivity index (χ4n) is 1.20.